The van der Waals surface area contributed by atoms with E-state index in [1.807, 2.05) is 0 Å². The molecule has 0 aliphatic rings. The zero-order chi connectivity index (χ0) is 8.43. The van der Waals surface area contributed by atoms with Gasteiger partial charge in [-0.25, -0.2) is 4.39 Å². The molecule has 11 heavy (non-hydrogen) atoms. The van der Waals surface area contributed by atoms with Crippen LogP contribution in [0, 0.1) is 12.7 Å². The third-order valence-electron chi connectivity index (χ3n) is 1.47. The highest BCUT2D eigenvalue weighted by Gasteiger charge is 1.98. The highest BCUT2D eigenvalue weighted by Crippen LogP contribution is 2.20. The molecule has 0 unspecified atom stereocenters. The summed E-state index contributed by atoms with van der Waals surface area (Å²) in [5.41, 5.74) is 1.56. The fraction of sp³-hybridized carbons (Fsp3) is 0.111. The minimum atomic E-state index is -0.178. The number of hydrogen-bond donors (Lipinski definition) is 0. The van der Waals surface area contributed by atoms with Crippen molar-refractivity contribution in [2.45, 2.75) is 6.92 Å². The number of hydrogen-bond acceptors (Lipinski definition) is 0. The van der Waals surface area contributed by atoms with Crippen LogP contribution in [0.3, 0.4) is 0 Å². The first-order valence-corrected chi connectivity index (χ1v) is 4.01. The second-order valence-electron chi connectivity index (χ2n) is 2.37. The molecule has 58 valence electrons. The van der Waals surface area contributed by atoms with Crippen molar-refractivity contribution in [1.82, 2.24) is 0 Å². The topological polar surface area (TPSA) is 0 Å². The van der Waals surface area contributed by atoms with E-state index in [2.05, 4.69) is 22.5 Å². The molecule has 0 heterocycles. The Morgan fingerprint density at radius 2 is 2.18 bits per heavy atom. The van der Waals surface area contributed by atoms with Gasteiger partial charge in [-0.2, -0.15) is 0 Å². The molecule has 0 fully saturated rings. The Hall–Kier alpha value is -0.630. The highest BCUT2D eigenvalue weighted by atomic mass is 79.9. The maximum absolute atomic E-state index is 12.7. The van der Waals surface area contributed by atoms with Crippen molar-refractivity contribution in [3.05, 3.63) is 41.7 Å². The van der Waals surface area contributed by atoms with E-state index in [0.29, 0.717) is 5.56 Å². The SMILES string of the molecule is C=C(Br)c1ccc(F)c(C)c1. The van der Waals surface area contributed by atoms with Gasteiger partial charge in [-0.05, 0) is 30.2 Å². The Morgan fingerprint density at radius 1 is 1.55 bits per heavy atom. The summed E-state index contributed by atoms with van der Waals surface area (Å²) in [7, 11) is 0. The van der Waals surface area contributed by atoms with E-state index in [9.17, 15) is 4.39 Å². The van der Waals surface area contributed by atoms with E-state index < -0.39 is 0 Å². The third-order valence-corrected chi connectivity index (χ3v) is 1.93. The summed E-state index contributed by atoms with van der Waals surface area (Å²) in [6, 6.07) is 4.89. The summed E-state index contributed by atoms with van der Waals surface area (Å²) in [5.74, 6) is -0.178. The summed E-state index contributed by atoms with van der Waals surface area (Å²) >= 11 is 3.22. The zero-order valence-electron chi connectivity index (χ0n) is 6.20. The molecule has 1 aromatic carbocycles. The van der Waals surface area contributed by atoms with Gasteiger partial charge < -0.3 is 0 Å². The molecule has 1 aromatic rings. The molecule has 0 atom stereocenters. The molecule has 0 N–H and O–H groups in total. The lowest BCUT2D eigenvalue weighted by molar-refractivity contribution is 0.618. The Bertz CT molecular complexity index is 292. The number of rotatable bonds is 1. The first-order valence-electron chi connectivity index (χ1n) is 3.22. The van der Waals surface area contributed by atoms with Crippen LogP contribution in [0.25, 0.3) is 4.48 Å². The van der Waals surface area contributed by atoms with E-state index in [-0.39, 0.29) is 5.82 Å². The molecule has 1 rings (SSSR count). The van der Waals surface area contributed by atoms with Gasteiger partial charge in [-0.1, -0.05) is 28.6 Å². The molecular formula is C9H8BrF. The molecule has 0 bridgehead atoms. The zero-order valence-corrected chi connectivity index (χ0v) is 7.78. The van der Waals surface area contributed by atoms with Crippen LogP contribution in [0.15, 0.2) is 24.8 Å². The lowest BCUT2D eigenvalue weighted by atomic mass is 10.1. The smallest absolute Gasteiger partial charge is 0.126 e. The molecule has 0 amide bonds. The highest BCUT2D eigenvalue weighted by molar-refractivity contribution is 9.15. The first kappa shape index (κ1) is 8.47. The molecule has 0 radical (unpaired) electrons. The molecule has 0 aliphatic heterocycles. The van der Waals surface area contributed by atoms with Crippen molar-refractivity contribution in [3.63, 3.8) is 0 Å². The van der Waals surface area contributed by atoms with Crippen LogP contribution >= 0.6 is 15.9 Å². The van der Waals surface area contributed by atoms with Crippen molar-refractivity contribution in [3.8, 4) is 0 Å². The predicted octanol–water partition coefficient (Wildman–Crippen LogP) is 3.50. The van der Waals surface area contributed by atoms with Gasteiger partial charge in [0.25, 0.3) is 0 Å². The standard InChI is InChI=1S/C9H8BrF/c1-6-5-8(7(2)10)3-4-9(6)11/h3-5H,2H2,1H3. The Labute approximate surface area is 73.9 Å². The Morgan fingerprint density at radius 3 is 2.64 bits per heavy atom. The largest absolute Gasteiger partial charge is 0.207 e. The fourth-order valence-corrected chi connectivity index (χ4v) is 1.06. The lowest BCUT2D eigenvalue weighted by Gasteiger charge is -1.99. The van der Waals surface area contributed by atoms with Crippen molar-refractivity contribution in [1.29, 1.82) is 0 Å². The average molecular weight is 215 g/mol. The summed E-state index contributed by atoms with van der Waals surface area (Å²) in [6.07, 6.45) is 0. The maximum atomic E-state index is 12.7. The fourth-order valence-electron chi connectivity index (χ4n) is 0.813. The van der Waals surface area contributed by atoms with Crippen molar-refractivity contribution >= 4 is 20.4 Å². The maximum Gasteiger partial charge on any atom is 0.126 e. The third kappa shape index (κ3) is 1.90. The Balaban J connectivity index is 3.15. The van der Waals surface area contributed by atoms with Gasteiger partial charge in [0.15, 0.2) is 0 Å². The second-order valence-corrected chi connectivity index (χ2v) is 3.33. The normalized spacial score (nSPS) is 9.73. The quantitative estimate of drug-likeness (QED) is 0.672. The van der Waals surface area contributed by atoms with Gasteiger partial charge in [0.05, 0.1) is 0 Å². The summed E-state index contributed by atoms with van der Waals surface area (Å²) in [5, 5.41) is 0. The molecule has 0 saturated carbocycles. The monoisotopic (exact) mass is 214 g/mol. The van der Waals surface area contributed by atoms with E-state index in [1.165, 1.54) is 6.07 Å². The van der Waals surface area contributed by atoms with E-state index in [1.54, 1.807) is 19.1 Å². The number of benzene rings is 1. The molecule has 0 aliphatic carbocycles. The summed E-state index contributed by atoms with van der Waals surface area (Å²) < 4.78 is 13.5. The van der Waals surface area contributed by atoms with Gasteiger partial charge in [0, 0.05) is 4.48 Å². The van der Waals surface area contributed by atoms with E-state index in [0.717, 1.165) is 10.0 Å². The number of halogens is 2. The lowest BCUT2D eigenvalue weighted by Crippen LogP contribution is -1.83. The molecule has 0 nitrogen and oxygen atoms in total. The molecule has 0 aromatic heterocycles. The molecule has 0 saturated heterocycles. The van der Waals surface area contributed by atoms with Crippen molar-refractivity contribution < 1.29 is 4.39 Å². The summed E-state index contributed by atoms with van der Waals surface area (Å²) in [6.45, 7) is 5.42. The van der Waals surface area contributed by atoms with Crippen LogP contribution < -0.4 is 0 Å². The second kappa shape index (κ2) is 3.18. The Kier molecular flexibility index (Phi) is 2.45. The minimum absolute atomic E-state index is 0.178. The van der Waals surface area contributed by atoms with Crippen LogP contribution in [-0.2, 0) is 0 Å². The van der Waals surface area contributed by atoms with E-state index in [4.69, 9.17) is 0 Å². The summed E-state index contributed by atoms with van der Waals surface area (Å²) in [4.78, 5) is 0. The van der Waals surface area contributed by atoms with E-state index >= 15 is 0 Å². The van der Waals surface area contributed by atoms with Crippen molar-refractivity contribution in [2.24, 2.45) is 0 Å². The van der Waals surface area contributed by atoms with Crippen LogP contribution in [0.5, 0.6) is 0 Å². The first-order chi connectivity index (χ1) is 5.11. The molecule has 2 heteroatoms. The predicted molar refractivity (Wildman–Crippen MR) is 49.1 cm³/mol. The van der Waals surface area contributed by atoms with Crippen LogP contribution in [-0.4, -0.2) is 0 Å². The van der Waals surface area contributed by atoms with Gasteiger partial charge >= 0.3 is 0 Å². The van der Waals surface area contributed by atoms with Gasteiger partial charge in [0.1, 0.15) is 5.82 Å². The van der Waals surface area contributed by atoms with Crippen LogP contribution in [0.1, 0.15) is 11.1 Å². The molecule has 0 spiro atoms. The van der Waals surface area contributed by atoms with Gasteiger partial charge in [-0.3, -0.25) is 0 Å². The van der Waals surface area contributed by atoms with Crippen molar-refractivity contribution in [2.75, 3.05) is 0 Å². The average Bonchev–Trinajstić information content (AvgIpc) is 1.94. The van der Waals surface area contributed by atoms with Crippen LogP contribution in [0.2, 0.25) is 0 Å². The minimum Gasteiger partial charge on any atom is -0.207 e. The van der Waals surface area contributed by atoms with Gasteiger partial charge in [-0.15, -0.1) is 0 Å². The van der Waals surface area contributed by atoms with Gasteiger partial charge in [0.2, 0.25) is 0 Å². The van der Waals surface area contributed by atoms with Crippen LogP contribution in [0.4, 0.5) is 4.39 Å². The number of aryl methyl sites for hydroxylation is 1. The molecular weight excluding hydrogens is 207 g/mol.